The SMILES string of the molecule is CCN(CC)C(CC)(CC)C(O)c1ccc(C)cc1C. The van der Waals surface area contributed by atoms with E-state index in [0.29, 0.717) is 0 Å². The highest BCUT2D eigenvalue weighted by molar-refractivity contribution is 5.34. The molecule has 1 rings (SSSR count). The summed E-state index contributed by atoms with van der Waals surface area (Å²) in [6, 6.07) is 6.36. The van der Waals surface area contributed by atoms with E-state index in [1.807, 2.05) is 0 Å². The molecule has 1 aromatic rings. The predicted octanol–water partition coefficient (Wildman–Crippen LogP) is 4.24. The minimum Gasteiger partial charge on any atom is -0.386 e. The van der Waals surface area contributed by atoms with Crippen LogP contribution in [0.2, 0.25) is 0 Å². The smallest absolute Gasteiger partial charge is 0.0975 e. The first-order chi connectivity index (χ1) is 9.46. The van der Waals surface area contributed by atoms with Crippen molar-refractivity contribution < 1.29 is 5.11 Å². The largest absolute Gasteiger partial charge is 0.386 e. The van der Waals surface area contributed by atoms with Crippen LogP contribution in [0.5, 0.6) is 0 Å². The number of nitrogens with zero attached hydrogens (tertiary/aromatic N) is 1. The maximum atomic E-state index is 11.1. The molecule has 0 aliphatic rings. The van der Waals surface area contributed by atoms with E-state index in [4.69, 9.17) is 0 Å². The zero-order valence-corrected chi connectivity index (χ0v) is 14.0. The van der Waals surface area contributed by atoms with Gasteiger partial charge >= 0.3 is 0 Å². The second-order valence-corrected chi connectivity index (χ2v) is 5.75. The Morgan fingerprint density at radius 1 is 1.05 bits per heavy atom. The number of rotatable bonds is 7. The van der Waals surface area contributed by atoms with Gasteiger partial charge in [-0.05, 0) is 50.9 Å². The van der Waals surface area contributed by atoms with Gasteiger partial charge in [-0.25, -0.2) is 0 Å². The fourth-order valence-corrected chi connectivity index (χ4v) is 3.53. The van der Waals surface area contributed by atoms with Crippen molar-refractivity contribution in [2.75, 3.05) is 13.1 Å². The number of likely N-dealkylation sites (N-methyl/N-ethyl adjacent to an activating group) is 1. The van der Waals surface area contributed by atoms with Crippen molar-refractivity contribution in [1.82, 2.24) is 4.90 Å². The van der Waals surface area contributed by atoms with Gasteiger partial charge in [0.2, 0.25) is 0 Å². The van der Waals surface area contributed by atoms with E-state index in [1.165, 1.54) is 11.1 Å². The third-order valence-corrected chi connectivity index (χ3v) is 4.85. The van der Waals surface area contributed by atoms with Gasteiger partial charge in [0.05, 0.1) is 11.6 Å². The lowest BCUT2D eigenvalue weighted by Crippen LogP contribution is -2.52. The van der Waals surface area contributed by atoms with Crippen molar-refractivity contribution in [3.05, 3.63) is 34.9 Å². The molecule has 0 spiro atoms. The number of aryl methyl sites for hydroxylation is 2. The fraction of sp³-hybridized carbons (Fsp3) is 0.667. The summed E-state index contributed by atoms with van der Waals surface area (Å²) in [5, 5.41) is 11.1. The Bertz CT molecular complexity index is 419. The Kier molecular flexibility index (Phi) is 6.22. The van der Waals surface area contributed by atoms with E-state index >= 15 is 0 Å². The Morgan fingerprint density at radius 3 is 2.00 bits per heavy atom. The molecule has 1 unspecified atom stereocenters. The van der Waals surface area contributed by atoms with Gasteiger partial charge in [-0.2, -0.15) is 0 Å². The van der Waals surface area contributed by atoms with Crippen LogP contribution < -0.4 is 0 Å². The highest BCUT2D eigenvalue weighted by atomic mass is 16.3. The van der Waals surface area contributed by atoms with Gasteiger partial charge in [0.1, 0.15) is 0 Å². The summed E-state index contributed by atoms with van der Waals surface area (Å²) >= 11 is 0. The van der Waals surface area contributed by atoms with Crippen molar-refractivity contribution in [3.8, 4) is 0 Å². The van der Waals surface area contributed by atoms with E-state index in [1.54, 1.807) is 0 Å². The second kappa shape index (κ2) is 7.24. The molecule has 0 radical (unpaired) electrons. The molecule has 0 aliphatic carbocycles. The topological polar surface area (TPSA) is 23.5 Å². The van der Waals surface area contributed by atoms with Crippen LogP contribution in [-0.4, -0.2) is 28.6 Å². The number of aliphatic hydroxyl groups is 1. The van der Waals surface area contributed by atoms with Crippen LogP contribution in [0.1, 0.15) is 63.3 Å². The lowest BCUT2D eigenvalue weighted by molar-refractivity contribution is -0.0369. The minimum atomic E-state index is -0.432. The molecule has 0 amide bonds. The van der Waals surface area contributed by atoms with Crippen molar-refractivity contribution in [1.29, 1.82) is 0 Å². The molecule has 0 aliphatic heterocycles. The summed E-state index contributed by atoms with van der Waals surface area (Å²) < 4.78 is 0. The number of benzene rings is 1. The maximum absolute atomic E-state index is 11.1. The predicted molar refractivity (Wildman–Crippen MR) is 87.1 cm³/mol. The molecule has 114 valence electrons. The zero-order chi connectivity index (χ0) is 15.3. The third kappa shape index (κ3) is 3.07. The molecule has 20 heavy (non-hydrogen) atoms. The Hall–Kier alpha value is -0.860. The van der Waals surface area contributed by atoms with Crippen LogP contribution >= 0.6 is 0 Å². The average molecular weight is 277 g/mol. The molecular formula is C18H31NO. The normalized spacial score (nSPS) is 13.8. The van der Waals surface area contributed by atoms with Crippen LogP contribution in [0.3, 0.4) is 0 Å². The summed E-state index contributed by atoms with van der Waals surface area (Å²) in [7, 11) is 0. The second-order valence-electron chi connectivity index (χ2n) is 5.75. The number of hydrogen-bond acceptors (Lipinski definition) is 2. The van der Waals surface area contributed by atoms with Crippen molar-refractivity contribution in [2.45, 2.75) is 66.0 Å². The van der Waals surface area contributed by atoms with Crippen molar-refractivity contribution >= 4 is 0 Å². The maximum Gasteiger partial charge on any atom is 0.0975 e. The molecule has 1 N–H and O–H groups in total. The summed E-state index contributed by atoms with van der Waals surface area (Å²) in [5.41, 5.74) is 3.35. The zero-order valence-electron chi connectivity index (χ0n) is 14.0. The molecule has 2 heteroatoms. The van der Waals surface area contributed by atoms with Crippen LogP contribution in [0.15, 0.2) is 18.2 Å². The molecule has 0 aromatic heterocycles. The van der Waals surface area contributed by atoms with Gasteiger partial charge in [-0.3, -0.25) is 4.90 Å². The summed E-state index contributed by atoms with van der Waals surface area (Å²) in [6.07, 6.45) is 1.48. The van der Waals surface area contributed by atoms with E-state index in [0.717, 1.165) is 31.5 Å². The highest BCUT2D eigenvalue weighted by Crippen LogP contribution is 2.38. The molecular weight excluding hydrogens is 246 g/mol. The lowest BCUT2D eigenvalue weighted by atomic mass is 9.79. The first kappa shape index (κ1) is 17.2. The molecule has 0 heterocycles. The third-order valence-electron chi connectivity index (χ3n) is 4.85. The quantitative estimate of drug-likeness (QED) is 0.806. The first-order valence-corrected chi connectivity index (χ1v) is 7.97. The van der Waals surface area contributed by atoms with Gasteiger partial charge < -0.3 is 5.11 Å². The summed E-state index contributed by atoms with van der Waals surface area (Å²) in [5.74, 6) is 0. The number of aliphatic hydroxyl groups excluding tert-OH is 1. The summed E-state index contributed by atoms with van der Waals surface area (Å²) in [4.78, 5) is 2.41. The van der Waals surface area contributed by atoms with Gasteiger partial charge in [-0.15, -0.1) is 0 Å². The molecule has 1 aromatic carbocycles. The van der Waals surface area contributed by atoms with Gasteiger partial charge in [-0.1, -0.05) is 51.5 Å². The average Bonchev–Trinajstić information content (AvgIpc) is 2.44. The summed E-state index contributed by atoms with van der Waals surface area (Å²) in [6.45, 7) is 14.9. The van der Waals surface area contributed by atoms with E-state index in [2.05, 4.69) is 64.6 Å². The molecule has 1 atom stereocenters. The van der Waals surface area contributed by atoms with Crippen molar-refractivity contribution in [2.24, 2.45) is 0 Å². The fourth-order valence-electron chi connectivity index (χ4n) is 3.53. The molecule has 0 saturated heterocycles. The Labute approximate surface area is 124 Å². The molecule has 0 fully saturated rings. The van der Waals surface area contributed by atoms with E-state index in [-0.39, 0.29) is 5.54 Å². The lowest BCUT2D eigenvalue weighted by Gasteiger charge is -2.46. The van der Waals surface area contributed by atoms with Crippen LogP contribution in [0.4, 0.5) is 0 Å². The molecule has 0 saturated carbocycles. The van der Waals surface area contributed by atoms with Gasteiger partial charge in [0, 0.05) is 0 Å². The van der Waals surface area contributed by atoms with E-state index < -0.39 is 6.10 Å². The highest BCUT2D eigenvalue weighted by Gasteiger charge is 2.40. The monoisotopic (exact) mass is 277 g/mol. The molecule has 0 bridgehead atoms. The van der Waals surface area contributed by atoms with Crippen LogP contribution in [0, 0.1) is 13.8 Å². The Balaban J connectivity index is 3.26. The first-order valence-electron chi connectivity index (χ1n) is 7.97. The minimum absolute atomic E-state index is 0.163. The van der Waals surface area contributed by atoms with Gasteiger partial charge in [0.25, 0.3) is 0 Å². The molecule has 2 nitrogen and oxygen atoms in total. The Morgan fingerprint density at radius 2 is 1.60 bits per heavy atom. The van der Waals surface area contributed by atoms with Crippen LogP contribution in [0.25, 0.3) is 0 Å². The number of hydrogen-bond donors (Lipinski definition) is 1. The van der Waals surface area contributed by atoms with E-state index in [9.17, 15) is 5.11 Å². The van der Waals surface area contributed by atoms with Crippen LogP contribution in [-0.2, 0) is 0 Å². The van der Waals surface area contributed by atoms with Crippen molar-refractivity contribution in [3.63, 3.8) is 0 Å². The van der Waals surface area contributed by atoms with Gasteiger partial charge in [0.15, 0.2) is 0 Å². The standard InChI is InChI=1S/C18H31NO/c1-7-18(8-2,19(9-3)10-4)17(20)16-12-11-14(5)13-15(16)6/h11-13,17,20H,7-10H2,1-6H3.